The Hall–Kier alpha value is -3.15. The summed E-state index contributed by atoms with van der Waals surface area (Å²) < 4.78 is 19.4. The van der Waals surface area contributed by atoms with E-state index in [1.165, 1.54) is 6.07 Å². The number of ether oxygens (including phenoxy) is 1. The number of nitrogens with one attached hydrogen (secondary N) is 2. The van der Waals surface area contributed by atoms with Crippen LogP contribution >= 0.6 is 0 Å². The van der Waals surface area contributed by atoms with Crippen LogP contribution < -0.4 is 15.4 Å². The van der Waals surface area contributed by atoms with Gasteiger partial charge in [0.2, 0.25) is 5.95 Å². The quantitative estimate of drug-likeness (QED) is 0.611. The Balaban J connectivity index is 1.68. The molecule has 3 aromatic rings. The fraction of sp³-hybridized carbons (Fsp3) is 0.238. The predicted octanol–water partition coefficient (Wildman–Crippen LogP) is 5.07. The normalized spacial score (nSPS) is 10.7. The summed E-state index contributed by atoms with van der Waals surface area (Å²) in [6.07, 6.45) is 0.136. The highest BCUT2D eigenvalue weighted by atomic mass is 19.1. The topological polar surface area (TPSA) is 59.1 Å². The van der Waals surface area contributed by atoms with E-state index in [1.54, 1.807) is 18.2 Å². The molecule has 5 nitrogen and oxygen atoms in total. The lowest BCUT2D eigenvalue weighted by Gasteiger charge is -2.12. The highest BCUT2D eigenvalue weighted by Crippen LogP contribution is 2.21. The summed E-state index contributed by atoms with van der Waals surface area (Å²) in [5.41, 5.74) is 2.27. The molecule has 0 bridgehead atoms. The number of hydrogen-bond donors (Lipinski definition) is 2. The van der Waals surface area contributed by atoms with Crippen LogP contribution in [-0.2, 0) is 6.54 Å². The van der Waals surface area contributed by atoms with Crippen LogP contribution in [0.1, 0.15) is 25.1 Å². The van der Waals surface area contributed by atoms with Crippen molar-refractivity contribution < 1.29 is 9.13 Å². The van der Waals surface area contributed by atoms with Crippen molar-refractivity contribution in [2.24, 2.45) is 0 Å². The minimum absolute atomic E-state index is 0.136. The summed E-state index contributed by atoms with van der Waals surface area (Å²) in [6, 6.07) is 16.2. The lowest BCUT2D eigenvalue weighted by atomic mass is 10.2. The number of nitrogens with zero attached hydrogens (tertiary/aromatic N) is 2. The average molecular weight is 366 g/mol. The van der Waals surface area contributed by atoms with Gasteiger partial charge in [-0.2, -0.15) is 4.98 Å². The van der Waals surface area contributed by atoms with Crippen molar-refractivity contribution in [3.63, 3.8) is 0 Å². The highest BCUT2D eigenvalue weighted by molar-refractivity contribution is 5.58. The van der Waals surface area contributed by atoms with E-state index in [0.717, 1.165) is 17.1 Å². The first-order valence-electron chi connectivity index (χ1n) is 8.86. The standard InChI is InChI=1S/C21H23FN4O/c1-14(2)27-18-10-8-17(9-11-18)25-20-12-15(3)24-21(26-20)23-13-16-6-4-5-7-19(16)22/h4-12,14H,13H2,1-3H3,(H2,23,24,25,26). The second-order valence-electron chi connectivity index (χ2n) is 6.48. The lowest BCUT2D eigenvalue weighted by molar-refractivity contribution is 0.242. The Morgan fingerprint density at radius 2 is 1.78 bits per heavy atom. The molecule has 0 radical (unpaired) electrons. The van der Waals surface area contributed by atoms with Crippen LogP contribution in [0.2, 0.25) is 0 Å². The minimum Gasteiger partial charge on any atom is -0.491 e. The van der Waals surface area contributed by atoms with E-state index in [4.69, 9.17) is 4.74 Å². The molecule has 0 aliphatic carbocycles. The van der Waals surface area contributed by atoms with Crippen molar-refractivity contribution in [3.8, 4) is 5.75 Å². The van der Waals surface area contributed by atoms with Crippen molar-refractivity contribution in [2.45, 2.75) is 33.4 Å². The van der Waals surface area contributed by atoms with Gasteiger partial charge in [-0.25, -0.2) is 9.37 Å². The van der Waals surface area contributed by atoms with Crippen molar-refractivity contribution in [1.29, 1.82) is 0 Å². The van der Waals surface area contributed by atoms with Crippen LogP contribution in [0, 0.1) is 12.7 Å². The first kappa shape index (κ1) is 18.6. The van der Waals surface area contributed by atoms with E-state index in [2.05, 4.69) is 20.6 Å². The van der Waals surface area contributed by atoms with E-state index >= 15 is 0 Å². The number of rotatable bonds is 7. The van der Waals surface area contributed by atoms with Gasteiger partial charge in [0.1, 0.15) is 17.4 Å². The van der Waals surface area contributed by atoms with Crippen LogP contribution in [0.15, 0.2) is 54.6 Å². The lowest BCUT2D eigenvalue weighted by Crippen LogP contribution is -2.07. The zero-order valence-corrected chi connectivity index (χ0v) is 15.7. The molecule has 0 saturated carbocycles. The second-order valence-corrected chi connectivity index (χ2v) is 6.48. The Bertz CT molecular complexity index is 897. The number of benzene rings is 2. The van der Waals surface area contributed by atoms with E-state index < -0.39 is 0 Å². The highest BCUT2D eigenvalue weighted by Gasteiger charge is 2.06. The molecule has 0 aliphatic heterocycles. The smallest absolute Gasteiger partial charge is 0.225 e. The van der Waals surface area contributed by atoms with E-state index in [-0.39, 0.29) is 11.9 Å². The third-order valence-electron chi connectivity index (χ3n) is 3.75. The van der Waals surface area contributed by atoms with Crippen molar-refractivity contribution in [2.75, 3.05) is 10.6 Å². The van der Waals surface area contributed by atoms with E-state index in [9.17, 15) is 4.39 Å². The summed E-state index contributed by atoms with van der Waals surface area (Å²) in [5.74, 6) is 1.68. The number of hydrogen-bond acceptors (Lipinski definition) is 5. The number of anilines is 3. The molecule has 0 spiro atoms. The Morgan fingerprint density at radius 1 is 1.04 bits per heavy atom. The number of aromatic nitrogens is 2. The zero-order valence-electron chi connectivity index (χ0n) is 15.7. The fourth-order valence-electron chi connectivity index (χ4n) is 2.56. The van der Waals surface area contributed by atoms with Crippen molar-refractivity contribution >= 4 is 17.5 Å². The van der Waals surface area contributed by atoms with Crippen LogP contribution in [0.3, 0.4) is 0 Å². The first-order valence-corrected chi connectivity index (χ1v) is 8.86. The van der Waals surface area contributed by atoms with Gasteiger partial charge in [-0.15, -0.1) is 0 Å². The van der Waals surface area contributed by atoms with Crippen LogP contribution in [0.5, 0.6) is 5.75 Å². The SMILES string of the molecule is Cc1cc(Nc2ccc(OC(C)C)cc2)nc(NCc2ccccc2F)n1. The number of halogens is 1. The summed E-state index contributed by atoms with van der Waals surface area (Å²) in [7, 11) is 0. The minimum atomic E-state index is -0.250. The van der Waals surface area contributed by atoms with Gasteiger partial charge in [0.25, 0.3) is 0 Å². The van der Waals surface area contributed by atoms with Crippen LogP contribution in [-0.4, -0.2) is 16.1 Å². The summed E-state index contributed by atoms with van der Waals surface area (Å²) in [4.78, 5) is 8.82. The monoisotopic (exact) mass is 366 g/mol. The number of aryl methyl sites for hydroxylation is 1. The maximum absolute atomic E-state index is 13.7. The molecule has 140 valence electrons. The van der Waals surface area contributed by atoms with Gasteiger partial charge < -0.3 is 15.4 Å². The van der Waals surface area contributed by atoms with Crippen LogP contribution in [0.4, 0.5) is 21.8 Å². The molecular formula is C21H23FN4O. The van der Waals surface area contributed by atoms with Crippen molar-refractivity contribution in [1.82, 2.24) is 9.97 Å². The van der Waals surface area contributed by atoms with Gasteiger partial charge in [0, 0.05) is 29.6 Å². The molecule has 2 N–H and O–H groups in total. The molecule has 0 amide bonds. The average Bonchev–Trinajstić information content (AvgIpc) is 2.62. The van der Waals surface area contributed by atoms with Gasteiger partial charge in [-0.05, 0) is 51.1 Å². The Labute approximate surface area is 158 Å². The summed E-state index contributed by atoms with van der Waals surface area (Å²) in [6.45, 7) is 6.19. The summed E-state index contributed by atoms with van der Waals surface area (Å²) >= 11 is 0. The zero-order chi connectivity index (χ0) is 19.2. The molecule has 0 unspecified atom stereocenters. The molecule has 0 fully saturated rings. The molecule has 3 rings (SSSR count). The van der Waals surface area contributed by atoms with E-state index in [0.29, 0.717) is 23.9 Å². The molecule has 6 heteroatoms. The molecule has 0 aliphatic rings. The van der Waals surface area contributed by atoms with Gasteiger partial charge in [0.15, 0.2) is 0 Å². The first-order chi connectivity index (χ1) is 13.0. The second kappa shape index (κ2) is 8.49. The maximum atomic E-state index is 13.7. The third kappa shape index (κ3) is 5.41. The van der Waals surface area contributed by atoms with Crippen LogP contribution in [0.25, 0.3) is 0 Å². The van der Waals surface area contributed by atoms with Gasteiger partial charge in [-0.1, -0.05) is 18.2 Å². The van der Waals surface area contributed by atoms with E-state index in [1.807, 2.05) is 51.1 Å². The summed E-state index contributed by atoms with van der Waals surface area (Å²) in [5, 5.41) is 6.33. The van der Waals surface area contributed by atoms with Crippen molar-refractivity contribution in [3.05, 3.63) is 71.7 Å². The third-order valence-corrected chi connectivity index (χ3v) is 3.75. The van der Waals surface area contributed by atoms with Gasteiger partial charge in [-0.3, -0.25) is 0 Å². The molecule has 0 saturated heterocycles. The molecule has 2 aromatic carbocycles. The van der Waals surface area contributed by atoms with Gasteiger partial charge in [0.05, 0.1) is 6.10 Å². The Kier molecular flexibility index (Phi) is 5.86. The molecule has 0 atom stereocenters. The van der Waals surface area contributed by atoms with Gasteiger partial charge >= 0.3 is 0 Å². The molecule has 27 heavy (non-hydrogen) atoms. The fourth-order valence-corrected chi connectivity index (χ4v) is 2.56. The molecule has 1 aromatic heterocycles. The Morgan fingerprint density at radius 3 is 2.48 bits per heavy atom. The predicted molar refractivity (Wildman–Crippen MR) is 106 cm³/mol. The molecular weight excluding hydrogens is 343 g/mol. The largest absolute Gasteiger partial charge is 0.491 e. The molecule has 1 heterocycles. The maximum Gasteiger partial charge on any atom is 0.225 e.